The molecule has 0 aliphatic heterocycles. The van der Waals surface area contributed by atoms with Crippen molar-refractivity contribution in [3.63, 3.8) is 0 Å². The fraction of sp³-hybridized carbons (Fsp3) is 0.583. The van der Waals surface area contributed by atoms with E-state index >= 15 is 0 Å². The van der Waals surface area contributed by atoms with E-state index in [1.807, 2.05) is 6.21 Å². The molecule has 1 atom stereocenters. The van der Waals surface area contributed by atoms with Crippen molar-refractivity contribution in [2.75, 3.05) is 0 Å². The van der Waals surface area contributed by atoms with Crippen molar-refractivity contribution in [1.29, 1.82) is 0 Å². The van der Waals surface area contributed by atoms with E-state index < -0.39 is 0 Å². The molecule has 1 aliphatic carbocycles. The van der Waals surface area contributed by atoms with Crippen molar-refractivity contribution < 1.29 is 0 Å². The lowest BCUT2D eigenvalue weighted by atomic mass is 9.96. The fourth-order valence-electron chi connectivity index (χ4n) is 1.94. The van der Waals surface area contributed by atoms with Crippen LogP contribution in [0.15, 0.2) is 17.3 Å². The molecule has 1 N–H and O–H groups in total. The molecule has 1 aliphatic rings. The summed E-state index contributed by atoms with van der Waals surface area (Å²) < 4.78 is 2.33. The van der Waals surface area contributed by atoms with Gasteiger partial charge in [-0.15, -0.1) is 0 Å². The van der Waals surface area contributed by atoms with Gasteiger partial charge in [0.1, 0.15) is 0 Å². The van der Waals surface area contributed by atoms with Crippen LogP contribution < -0.4 is 0 Å². The van der Waals surface area contributed by atoms with Crippen molar-refractivity contribution in [2.45, 2.75) is 39.0 Å². The number of H-pyrrole nitrogens is 1. The van der Waals surface area contributed by atoms with Crippen molar-refractivity contribution in [1.82, 2.24) is 14.9 Å². The largest absolute Gasteiger partial charge is 0.250 e. The van der Waals surface area contributed by atoms with Crippen LogP contribution in [-0.2, 0) is 6.42 Å². The van der Waals surface area contributed by atoms with Gasteiger partial charge in [0, 0.05) is 12.6 Å². The van der Waals surface area contributed by atoms with E-state index in [0.717, 1.165) is 31.5 Å². The molecular weight excluding hydrogens is 232 g/mol. The summed E-state index contributed by atoms with van der Waals surface area (Å²) in [5, 5.41) is 11.5. The fourth-order valence-corrected chi connectivity index (χ4v) is 2.14. The van der Waals surface area contributed by atoms with Crippen molar-refractivity contribution in [3.05, 3.63) is 22.7 Å². The first kappa shape index (κ1) is 12.2. The molecule has 0 aromatic carbocycles. The molecule has 5 heteroatoms. The maximum absolute atomic E-state index is 5.17. The molecule has 4 nitrogen and oxygen atoms in total. The summed E-state index contributed by atoms with van der Waals surface area (Å²) in [6.45, 7) is 2.12. The summed E-state index contributed by atoms with van der Waals surface area (Å²) >= 11 is 5.17. The Morgan fingerprint density at radius 1 is 1.65 bits per heavy atom. The Bertz CT molecular complexity index is 469. The minimum absolute atomic E-state index is 0.534. The summed E-state index contributed by atoms with van der Waals surface area (Å²) in [6, 6.07) is 0. The minimum Gasteiger partial charge on any atom is -0.250 e. The Morgan fingerprint density at radius 3 is 3.24 bits per heavy atom. The number of aryl methyl sites for hydroxylation is 1. The zero-order valence-electron chi connectivity index (χ0n) is 10.1. The number of aromatic amines is 1. The number of allylic oxidation sites excluding steroid dienone is 2. The van der Waals surface area contributed by atoms with Crippen molar-refractivity contribution in [3.8, 4) is 0 Å². The van der Waals surface area contributed by atoms with E-state index in [-0.39, 0.29) is 0 Å². The summed E-state index contributed by atoms with van der Waals surface area (Å²) in [7, 11) is 0. The van der Waals surface area contributed by atoms with Crippen molar-refractivity contribution >= 4 is 18.4 Å². The Morgan fingerprint density at radius 2 is 2.53 bits per heavy atom. The molecule has 1 unspecified atom stereocenters. The van der Waals surface area contributed by atoms with Crippen LogP contribution in [-0.4, -0.2) is 21.1 Å². The lowest BCUT2D eigenvalue weighted by Crippen LogP contribution is -2.06. The van der Waals surface area contributed by atoms with Crippen LogP contribution in [0, 0.1) is 10.7 Å². The van der Waals surface area contributed by atoms with Crippen LogP contribution >= 0.6 is 12.2 Å². The molecular formula is C12H18N4S. The normalized spacial score (nSPS) is 20.2. The highest BCUT2D eigenvalue weighted by molar-refractivity contribution is 7.71. The topological polar surface area (TPSA) is 46.0 Å². The van der Waals surface area contributed by atoms with Gasteiger partial charge < -0.3 is 0 Å². The molecule has 2 rings (SSSR count). The van der Waals surface area contributed by atoms with Gasteiger partial charge in [-0.2, -0.15) is 14.9 Å². The van der Waals surface area contributed by atoms with Gasteiger partial charge in [-0.25, -0.2) is 0 Å². The predicted molar refractivity (Wildman–Crippen MR) is 71.8 cm³/mol. The smallest absolute Gasteiger partial charge is 0.216 e. The first-order chi connectivity index (χ1) is 8.31. The Balaban J connectivity index is 2.11. The van der Waals surface area contributed by atoms with E-state index in [2.05, 4.69) is 34.4 Å². The number of rotatable bonds is 4. The highest BCUT2D eigenvalue weighted by atomic mass is 32.1. The zero-order valence-corrected chi connectivity index (χ0v) is 10.9. The Hall–Kier alpha value is -1.23. The lowest BCUT2D eigenvalue weighted by molar-refractivity contribution is 0.619. The van der Waals surface area contributed by atoms with Crippen molar-refractivity contribution in [2.24, 2.45) is 11.0 Å². The van der Waals surface area contributed by atoms with Gasteiger partial charge in [0.15, 0.2) is 5.82 Å². The van der Waals surface area contributed by atoms with Gasteiger partial charge in [0.05, 0.1) is 0 Å². The van der Waals surface area contributed by atoms with Gasteiger partial charge in [-0.05, 0) is 43.8 Å². The summed E-state index contributed by atoms with van der Waals surface area (Å²) in [5.74, 6) is 1.45. The average molecular weight is 250 g/mol. The van der Waals surface area contributed by atoms with Crippen LogP contribution in [0.2, 0.25) is 0 Å². The highest BCUT2D eigenvalue weighted by Crippen LogP contribution is 2.16. The van der Waals surface area contributed by atoms with Crippen LogP contribution in [0.1, 0.15) is 38.4 Å². The van der Waals surface area contributed by atoms with Crippen LogP contribution in [0.4, 0.5) is 0 Å². The maximum atomic E-state index is 5.17. The minimum atomic E-state index is 0.534. The molecule has 0 amide bonds. The molecule has 1 aromatic rings. The number of nitrogens with zero attached hydrogens (tertiary/aromatic N) is 3. The second-order valence-electron chi connectivity index (χ2n) is 4.32. The van der Waals surface area contributed by atoms with Crippen LogP contribution in [0.25, 0.3) is 0 Å². The standard InChI is InChI=1S/C12H18N4S/c1-2-6-11-14-15-12(17)16(11)13-9-10-7-4-3-5-8-10/h3-4,9-10H,2,5-8H2,1H3,(H,15,17)/b13-9+. The SMILES string of the molecule is CCCc1n[nH]c(=S)n1/N=C/C1CC=CCC1. The summed E-state index contributed by atoms with van der Waals surface area (Å²) in [4.78, 5) is 0. The van der Waals surface area contributed by atoms with Gasteiger partial charge in [-0.1, -0.05) is 19.1 Å². The zero-order chi connectivity index (χ0) is 12.1. The monoisotopic (exact) mass is 250 g/mol. The highest BCUT2D eigenvalue weighted by Gasteiger charge is 2.08. The number of aromatic nitrogens is 3. The molecule has 0 fully saturated rings. The molecule has 1 heterocycles. The molecule has 0 radical (unpaired) electrons. The predicted octanol–water partition coefficient (Wildman–Crippen LogP) is 3.08. The summed E-state index contributed by atoms with van der Waals surface area (Å²) in [5.41, 5.74) is 0. The summed E-state index contributed by atoms with van der Waals surface area (Å²) in [6.07, 6.45) is 11.8. The molecule has 0 bridgehead atoms. The molecule has 0 saturated carbocycles. The third kappa shape index (κ3) is 3.12. The third-order valence-corrected chi connectivity index (χ3v) is 3.16. The number of hydrogen-bond acceptors (Lipinski definition) is 3. The Labute approximate surface area is 106 Å². The van der Waals surface area contributed by atoms with Crippen LogP contribution in [0.3, 0.4) is 0 Å². The second kappa shape index (κ2) is 5.91. The van der Waals surface area contributed by atoms with Gasteiger partial charge in [-0.3, -0.25) is 5.10 Å². The number of hydrogen-bond donors (Lipinski definition) is 1. The van der Waals surface area contributed by atoms with E-state index in [1.165, 1.54) is 6.42 Å². The van der Waals surface area contributed by atoms with E-state index in [4.69, 9.17) is 12.2 Å². The van der Waals surface area contributed by atoms with Gasteiger partial charge in [0.2, 0.25) is 4.77 Å². The Kier molecular flexibility index (Phi) is 4.25. The molecule has 1 aromatic heterocycles. The first-order valence-corrected chi connectivity index (χ1v) is 6.58. The quantitative estimate of drug-likeness (QED) is 0.507. The molecule has 92 valence electrons. The van der Waals surface area contributed by atoms with E-state index in [0.29, 0.717) is 10.7 Å². The second-order valence-corrected chi connectivity index (χ2v) is 4.70. The molecule has 17 heavy (non-hydrogen) atoms. The van der Waals surface area contributed by atoms with Gasteiger partial charge >= 0.3 is 0 Å². The lowest BCUT2D eigenvalue weighted by Gasteiger charge is -2.11. The molecule has 0 saturated heterocycles. The van der Waals surface area contributed by atoms with Crippen LogP contribution in [0.5, 0.6) is 0 Å². The van der Waals surface area contributed by atoms with E-state index in [9.17, 15) is 0 Å². The third-order valence-electron chi connectivity index (χ3n) is 2.89. The number of nitrogens with one attached hydrogen (secondary N) is 1. The first-order valence-electron chi connectivity index (χ1n) is 6.17. The molecule has 0 spiro atoms. The maximum Gasteiger partial charge on any atom is 0.216 e. The van der Waals surface area contributed by atoms with Gasteiger partial charge in [0.25, 0.3) is 0 Å². The van der Waals surface area contributed by atoms with E-state index in [1.54, 1.807) is 4.68 Å². The average Bonchev–Trinajstić information content (AvgIpc) is 2.70.